The third kappa shape index (κ3) is 3.01. The van der Waals surface area contributed by atoms with Gasteiger partial charge in [0, 0.05) is 12.3 Å². The average molecular weight is 301 g/mol. The van der Waals surface area contributed by atoms with Crippen LogP contribution in [0.4, 0.5) is 0 Å². The van der Waals surface area contributed by atoms with Crippen molar-refractivity contribution < 1.29 is 9.53 Å². The van der Waals surface area contributed by atoms with Gasteiger partial charge in [0.05, 0.1) is 22.7 Å². The Morgan fingerprint density at radius 3 is 2.95 bits per heavy atom. The summed E-state index contributed by atoms with van der Waals surface area (Å²) in [5.41, 5.74) is 1.51. The minimum atomic E-state index is -0.308. The third-order valence-corrected chi connectivity index (χ3v) is 3.20. The molecule has 0 bridgehead atoms. The molecule has 0 aliphatic heterocycles. The summed E-state index contributed by atoms with van der Waals surface area (Å²) in [7, 11) is 0. The van der Waals surface area contributed by atoms with Crippen LogP contribution in [-0.4, -0.2) is 28.0 Å². The van der Waals surface area contributed by atoms with Gasteiger partial charge in [0.2, 0.25) is 0 Å². The number of imidazole rings is 1. The minimum absolute atomic E-state index is 0.0975. The molecule has 0 N–H and O–H groups in total. The number of para-hydroxylation sites is 1. The number of aromatic nitrogens is 2. The fraction of sp³-hybridized carbons (Fsp3) is 0.385. The number of rotatable bonds is 5. The van der Waals surface area contributed by atoms with Gasteiger partial charge in [-0.2, -0.15) is 0 Å². The monoisotopic (exact) mass is 300 g/mol. The summed E-state index contributed by atoms with van der Waals surface area (Å²) in [6.07, 6.45) is 0.575. The number of carbonyl (C=O) groups excluding carboxylic acids is 1. The normalized spacial score (nSPS) is 10.9. The highest BCUT2D eigenvalue weighted by molar-refractivity contribution is 6.35. The fourth-order valence-corrected chi connectivity index (χ4v) is 2.41. The van der Waals surface area contributed by atoms with Gasteiger partial charge in [0.1, 0.15) is 12.4 Å². The number of halogens is 2. The minimum Gasteiger partial charge on any atom is -0.465 e. The third-order valence-electron chi connectivity index (χ3n) is 2.71. The van der Waals surface area contributed by atoms with Crippen LogP contribution in [-0.2, 0) is 22.5 Å². The first kappa shape index (κ1) is 14.2. The molecule has 0 unspecified atom stereocenters. The second-order valence-electron chi connectivity index (χ2n) is 3.97. The number of aryl methyl sites for hydroxylation is 1. The van der Waals surface area contributed by atoms with E-state index in [9.17, 15) is 4.79 Å². The number of nitrogens with zero attached hydrogens (tertiary/aromatic N) is 2. The molecule has 0 aliphatic carbocycles. The molecular formula is C13H14Cl2N2O2. The number of fused-ring (bicyclic) bond motifs is 1. The molecule has 0 amide bonds. The summed E-state index contributed by atoms with van der Waals surface area (Å²) in [4.78, 5) is 16.1. The van der Waals surface area contributed by atoms with Crippen LogP contribution in [0.15, 0.2) is 18.2 Å². The summed E-state index contributed by atoms with van der Waals surface area (Å²) in [6, 6.07) is 5.47. The Labute approximate surface area is 121 Å². The number of hydrogen-bond donors (Lipinski definition) is 0. The highest BCUT2D eigenvalue weighted by Gasteiger charge is 2.15. The Kier molecular flexibility index (Phi) is 4.66. The Bertz CT molecular complexity index is 596. The zero-order valence-corrected chi connectivity index (χ0v) is 12.0. The van der Waals surface area contributed by atoms with E-state index in [1.165, 1.54) is 0 Å². The van der Waals surface area contributed by atoms with Crippen molar-refractivity contribution in [3.8, 4) is 0 Å². The number of esters is 1. The molecule has 1 aromatic carbocycles. The molecule has 0 aliphatic rings. The first-order valence-electron chi connectivity index (χ1n) is 6.02. The van der Waals surface area contributed by atoms with E-state index in [2.05, 4.69) is 4.98 Å². The highest BCUT2D eigenvalue weighted by atomic mass is 35.5. The molecule has 102 valence electrons. The molecule has 0 spiro atoms. The Hall–Kier alpha value is -1.26. The van der Waals surface area contributed by atoms with Gasteiger partial charge in [-0.1, -0.05) is 17.7 Å². The molecule has 2 aromatic rings. The number of alkyl halides is 1. The molecule has 1 aromatic heterocycles. The van der Waals surface area contributed by atoms with Crippen LogP contribution in [0, 0.1) is 0 Å². The van der Waals surface area contributed by atoms with E-state index in [1.807, 2.05) is 12.1 Å². The highest BCUT2D eigenvalue weighted by Crippen LogP contribution is 2.25. The van der Waals surface area contributed by atoms with Gasteiger partial charge in [-0.15, -0.1) is 11.6 Å². The Morgan fingerprint density at radius 2 is 2.26 bits per heavy atom. The molecule has 4 nitrogen and oxygen atoms in total. The van der Waals surface area contributed by atoms with Crippen LogP contribution in [0.2, 0.25) is 5.02 Å². The maximum absolute atomic E-state index is 11.7. The number of carbonyl (C=O) groups is 1. The van der Waals surface area contributed by atoms with Gasteiger partial charge in [-0.3, -0.25) is 4.79 Å². The molecule has 0 saturated heterocycles. The van der Waals surface area contributed by atoms with Crippen LogP contribution in [0.25, 0.3) is 11.0 Å². The number of hydrogen-bond acceptors (Lipinski definition) is 3. The van der Waals surface area contributed by atoms with Crippen LogP contribution in [0.1, 0.15) is 12.7 Å². The lowest BCUT2D eigenvalue weighted by Gasteiger charge is -2.08. The standard InChI is InChI=1S/C13H14Cl2N2O2/c1-2-19-12(18)8-17-11(6-7-14)16-10-5-3-4-9(15)13(10)17/h3-5H,2,6-8H2,1H3. The van der Waals surface area contributed by atoms with Gasteiger partial charge in [-0.25, -0.2) is 4.98 Å². The molecule has 0 fully saturated rings. The van der Waals surface area contributed by atoms with E-state index in [4.69, 9.17) is 27.9 Å². The second kappa shape index (κ2) is 6.26. The van der Waals surface area contributed by atoms with Gasteiger partial charge in [0.15, 0.2) is 0 Å². The van der Waals surface area contributed by atoms with Gasteiger partial charge in [-0.05, 0) is 19.1 Å². The van der Waals surface area contributed by atoms with Crippen LogP contribution in [0.5, 0.6) is 0 Å². The SMILES string of the molecule is CCOC(=O)Cn1c(CCCl)nc2cccc(Cl)c21. The van der Waals surface area contributed by atoms with Crippen molar-refractivity contribution in [1.82, 2.24) is 9.55 Å². The van der Waals surface area contributed by atoms with Crippen molar-refractivity contribution in [2.24, 2.45) is 0 Å². The zero-order chi connectivity index (χ0) is 13.8. The predicted octanol–water partition coefficient (Wildman–Crippen LogP) is 3.03. The molecule has 0 radical (unpaired) electrons. The maximum atomic E-state index is 11.7. The van der Waals surface area contributed by atoms with E-state index in [1.54, 1.807) is 17.6 Å². The molecular weight excluding hydrogens is 287 g/mol. The van der Waals surface area contributed by atoms with Crippen molar-refractivity contribution >= 4 is 40.2 Å². The van der Waals surface area contributed by atoms with E-state index < -0.39 is 0 Å². The summed E-state index contributed by atoms with van der Waals surface area (Å²) < 4.78 is 6.75. The smallest absolute Gasteiger partial charge is 0.326 e. The summed E-state index contributed by atoms with van der Waals surface area (Å²) in [5, 5.41) is 0.565. The number of benzene rings is 1. The van der Waals surface area contributed by atoms with E-state index in [0.29, 0.717) is 23.9 Å². The second-order valence-corrected chi connectivity index (χ2v) is 4.75. The van der Waals surface area contributed by atoms with Crippen LogP contribution >= 0.6 is 23.2 Å². The van der Waals surface area contributed by atoms with Gasteiger partial charge in [0.25, 0.3) is 0 Å². The van der Waals surface area contributed by atoms with Gasteiger partial charge >= 0.3 is 5.97 Å². The summed E-state index contributed by atoms with van der Waals surface area (Å²) in [6.45, 7) is 2.22. The van der Waals surface area contributed by atoms with E-state index in [0.717, 1.165) is 16.9 Å². The quantitative estimate of drug-likeness (QED) is 0.630. The Balaban J connectivity index is 2.48. The van der Waals surface area contributed by atoms with Crippen molar-refractivity contribution in [3.05, 3.63) is 29.0 Å². The van der Waals surface area contributed by atoms with Crippen molar-refractivity contribution in [1.29, 1.82) is 0 Å². The lowest BCUT2D eigenvalue weighted by Crippen LogP contribution is -2.16. The average Bonchev–Trinajstić information content (AvgIpc) is 2.70. The van der Waals surface area contributed by atoms with Gasteiger partial charge < -0.3 is 9.30 Å². The van der Waals surface area contributed by atoms with Crippen molar-refractivity contribution in [2.45, 2.75) is 19.9 Å². The largest absolute Gasteiger partial charge is 0.465 e. The lowest BCUT2D eigenvalue weighted by atomic mass is 10.3. The first-order chi connectivity index (χ1) is 9.17. The molecule has 1 heterocycles. The van der Waals surface area contributed by atoms with Crippen molar-refractivity contribution in [2.75, 3.05) is 12.5 Å². The zero-order valence-electron chi connectivity index (χ0n) is 10.5. The molecule has 6 heteroatoms. The van der Waals surface area contributed by atoms with Crippen molar-refractivity contribution in [3.63, 3.8) is 0 Å². The molecule has 0 saturated carbocycles. The molecule has 19 heavy (non-hydrogen) atoms. The number of ether oxygens (including phenoxy) is 1. The van der Waals surface area contributed by atoms with E-state index >= 15 is 0 Å². The molecule has 0 atom stereocenters. The summed E-state index contributed by atoms with van der Waals surface area (Å²) >= 11 is 12.0. The Morgan fingerprint density at radius 1 is 1.47 bits per heavy atom. The topological polar surface area (TPSA) is 44.1 Å². The first-order valence-corrected chi connectivity index (χ1v) is 6.93. The molecule has 2 rings (SSSR count). The summed E-state index contributed by atoms with van der Waals surface area (Å²) in [5.74, 6) is 0.868. The predicted molar refractivity (Wildman–Crippen MR) is 75.8 cm³/mol. The van der Waals surface area contributed by atoms with Crippen LogP contribution < -0.4 is 0 Å². The lowest BCUT2D eigenvalue weighted by molar-refractivity contribution is -0.143. The van der Waals surface area contributed by atoms with E-state index in [-0.39, 0.29) is 12.5 Å². The van der Waals surface area contributed by atoms with Crippen LogP contribution in [0.3, 0.4) is 0 Å². The fourth-order valence-electron chi connectivity index (χ4n) is 1.97. The maximum Gasteiger partial charge on any atom is 0.326 e.